The lowest BCUT2D eigenvalue weighted by Crippen LogP contribution is -2.56. The van der Waals surface area contributed by atoms with E-state index in [1.54, 1.807) is 0 Å². The lowest BCUT2D eigenvalue weighted by Gasteiger charge is -2.27. The highest BCUT2D eigenvalue weighted by atomic mass is 16.2. The van der Waals surface area contributed by atoms with Gasteiger partial charge < -0.3 is 27.0 Å². The van der Waals surface area contributed by atoms with Crippen LogP contribution in [0.4, 0.5) is 0 Å². The Morgan fingerprint density at radius 2 is 1.44 bits per heavy atom. The van der Waals surface area contributed by atoms with Gasteiger partial charge in [0.25, 0.3) is 0 Å². The van der Waals surface area contributed by atoms with Gasteiger partial charge in [0.15, 0.2) is 0 Å². The van der Waals surface area contributed by atoms with Crippen molar-refractivity contribution in [1.29, 1.82) is 0 Å². The minimum absolute atomic E-state index is 0.105. The normalized spacial score (nSPS) is 22.7. The van der Waals surface area contributed by atoms with Gasteiger partial charge in [-0.3, -0.25) is 19.2 Å². The Hall–Kier alpha value is -2.16. The van der Waals surface area contributed by atoms with Gasteiger partial charge in [0.05, 0.1) is 6.54 Å². The number of hydrogen-bond acceptors (Lipinski definition) is 5. The molecule has 1 aliphatic heterocycles. The van der Waals surface area contributed by atoms with Gasteiger partial charge in [-0.1, -0.05) is 65.7 Å². The van der Waals surface area contributed by atoms with Gasteiger partial charge in [-0.25, -0.2) is 0 Å². The highest BCUT2D eigenvalue weighted by Gasteiger charge is 2.30. The first-order valence-electron chi connectivity index (χ1n) is 13.1. The number of rotatable bonds is 13. The molecule has 1 rings (SSSR count). The van der Waals surface area contributed by atoms with Gasteiger partial charge in [0.1, 0.15) is 12.1 Å². The van der Waals surface area contributed by atoms with Crippen molar-refractivity contribution in [3.8, 4) is 0 Å². The molecule has 0 spiro atoms. The van der Waals surface area contributed by atoms with E-state index < -0.39 is 23.9 Å². The quantitative estimate of drug-likeness (QED) is 0.255. The van der Waals surface area contributed by atoms with Crippen molar-refractivity contribution in [3.63, 3.8) is 0 Å². The number of unbranched alkanes of at least 4 members (excludes halogenated alkanes) is 7. The second-order valence-corrected chi connectivity index (χ2v) is 9.73. The lowest BCUT2D eigenvalue weighted by atomic mass is 9.99. The SMILES string of the molecule is CCCCCCCCC[C@@H]1CC(=O)NCC(=O)N[C@@H](CCCCN)C(=O)N[C@@H](C(C)C)C(=O)N1. The molecule has 0 bridgehead atoms. The minimum atomic E-state index is -0.783. The van der Waals surface area contributed by atoms with Gasteiger partial charge in [-0.2, -0.15) is 0 Å². The zero-order chi connectivity index (χ0) is 25.3. The number of nitrogens with one attached hydrogen (secondary N) is 4. The third kappa shape index (κ3) is 12.3. The number of carbonyl (C=O) groups is 4. The third-order valence-corrected chi connectivity index (χ3v) is 6.23. The van der Waals surface area contributed by atoms with E-state index in [1.807, 2.05) is 13.8 Å². The molecule has 0 aromatic carbocycles. The highest BCUT2D eigenvalue weighted by Crippen LogP contribution is 2.13. The zero-order valence-electron chi connectivity index (χ0n) is 21.4. The highest BCUT2D eigenvalue weighted by molar-refractivity contribution is 5.94. The Balaban J connectivity index is 2.86. The molecule has 0 aliphatic carbocycles. The van der Waals surface area contributed by atoms with E-state index in [4.69, 9.17) is 5.73 Å². The molecule has 9 nitrogen and oxygen atoms in total. The molecule has 0 saturated carbocycles. The Kier molecular flexibility index (Phi) is 15.2. The van der Waals surface area contributed by atoms with Crippen molar-refractivity contribution in [2.75, 3.05) is 13.1 Å². The summed E-state index contributed by atoms with van der Waals surface area (Å²) < 4.78 is 0. The number of hydrogen-bond donors (Lipinski definition) is 5. The van der Waals surface area contributed by atoms with E-state index >= 15 is 0 Å². The van der Waals surface area contributed by atoms with Gasteiger partial charge >= 0.3 is 0 Å². The van der Waals surface area contributed by atoms with Crippen LogP contribution in [0, 0.1) is 5.92 Å². The summed E-state index contributed by atoms with van der Waals surface area (Å²) >= 11 is 0. The van der Waals surface area contributed by atoms with E-state index in [1.165, 1.54) is 25.7 Å². The van der Waals surface area contributed by atoms with Gasteiger partial charge in [0, 0.05) is 12.5 Å². The van der Waals surface area contributed by atoms with Crippen LogP contribution in [0.5, 0.6) is 0 Å². The molecule has 0 aromatic heterocycles. The van der Waals surface area contributed by atoms with Crippen LogP contribution in [-0.4, -0.2) is 54.8 Å². The molecule has 3 atom stereocenters. The van der Waals surface area contributed by atoms with E-state index in [-0.39, 0.29) is 36.7 Å². The second-order valence-electron chi connectivity index (χ2n) is 9.73. The van der Waals surface area contributed by atoms with Crippen LogP contribution in [0.15, 0.2) is 0 Å². The topological polar surface area (TPSA) is 142 Å². The van der Waals surface area contributed by atoms with Crippen molar-refractivity contribution in [2.24, 2.45) is 11.7 Å². The van der Waals surface area contributed by atoms with Crippen molar-refractivity contribution >= 4 is 23.6 Å². The first-order chi connectivity index (χ1) is 16.3. The van der Waals surface area contributed by atoms with Crippen molar-refractivity contribution < 1.29 is 19.2 Å². The summed E-state index contributed by atoms with van der Waals surface area (Å²) in [6.45, 7) is 6.21. The maximum Gasteiger partial charge on any atom is 0.243 e. The fourth-order valence-corrected chi connectivity index (χ4v) is 4.13. The van der Waals surface area contributed by atoms with Crippen molar-refractivity contribution in [3.05, 3.63) is 0 Å². The van der Waals surface area contributed by atoms with E-state index in [9.17, 15) is 19.2 Å². The first-order valence-corrected chi connectivity index (χ1v) is 13.1. The molecule has 196 valence electrons. The van der Waals surface area contributed by atoms with Crippen LogP contribution in [0.2, 0.25) is 0 Å². The van der Waals surface area contributed by atoms with Crippen LogP contribution in [-0.2, 0) is 19.2 Å². The average molecular weight is 482 g/mol. The monoisotopic (exact) mass is 481 g/mol. The smallest absolute Gasteiger partial charge is 0.243 e. The largest absolute Gasteiger partial charge is 0.351 e. The fourth-order valence-electron chi connectivity index (χ4n) is 4.13. The molecule has 4 amide bonds. The van der Waals surface area contributed by atoms with Crippen LogP contribution in [0.25, 0.3) is 0 Å². The standard InChI is InChI=1S/C25H47N5O4/c1-4-5-6-7-8-9-10-13-19-16-21(31)27-17-22(32)29-20(14-11-12-15-26)24(33)30-23(18(2)3)25(34)28-19/h18-20,23H,4-17,26H2,1-3H3,(H,27,31)(H,28,34)(H,29,32)(H,30,33)/t19-,20+,23+/m1/s1. The summed E-state index contributed by atoms with van der Waals surface area (Å²) in [6, 6.07) is -1.87. The predicted molar refractivity (Wildman–Crippen MR) is 134 cm³/mol. The molecule has 6 N–H and O–H groups in total. The van der Waals surface area contributed by atoms with Crippen molar-refractivity contribution in [1.82, 2.24) is 21.3 Å². The van der Waals surface area contributed by atoms with Crippen LogP contribution >= 0.6 is 0 Å². The Morgan fingerprint density at radius 3 is 2.09 bits per heavy atom. The van der Waals surface area contributed by atoms with Crippen LogP contribution < -0.4 is 27.0 Å². The van der Waals surface area contributed by atoms with E-state index in [2.05, 4.69) is 28.2 Å². The molecular formula is C25H47N5O4. The molecule has 1 heterocycles. The summed E-state index contributed by atoms with van der Waals surface area (Å²) in [5.74, 6) is -1.56. The Morgan fingerprint density at radius 1 is 0.794 bits per heavy atom. The molecule has 9 heteroatoms. The average Bonchev–Trinajstić information content (AvgIpc) is 2.79. The van der Waals surface area contributed by atoms with Crippen LogP contribution in [0.1, 0.15) is 97.8 Å². The Bertz CT molecular complexity index is 641. The maximum absolute atomic E-state index is 13.1. The number of amides is 4. The summed E-state index contributed by atoms with van der Waals surface area (Å²) in [7, 11) is 0. The predicted octanol–water partition coefficient (Wildman–Crippen LogP) is 1.89. The molecule has 34 heavy (non-hydrogen) atoms. The summed E-state index contributed by atoms with van der Waals surface area (Å²) in [5, 5.41) is 11.1. The summed E-state index contributed by atoms with van der Waals surface area (Å²) in [4.78, 5) is 50.9. The molecule has 1 fully saturated rings. The number of nitrogens with two attached hydrogens (primary N) is 1. The molecule has 0 unspecified atom stereocenters. The first kappa shape index (κ1) is 29.9. The number of carbonyl (C=O) groups excluding carboxylic acids is 4. The van der Waals surface area contributed by atoms with Gasteiger partial charge in [-0.15, -0.1) is 0 Å². The molecule has 1 saturated heterocycles. The Labute approximate surface area is 205 Å². The maximum atomic E-state index is 13.1. The van der Waals surface area contributed by atoms with E-state index in [0.717, 1.165) is 25.7 Å². The molecular weight excluding hydrogens is 434 g/mol. The molecule has 0 aromatic rings. The molecule has 1 aliphatic rings. The van der Waals surface area contributed by atoms with Crippen LogP contribution in [0.3, 0.4) is 0 Å². The molecule has 0 radical (unpaired) electrons. The fraction of sp³-hybridized carbons (Fsp3) is 0.840. The van der Waals surface area contributed by atoms with Crippen molar-refractivity contribution in [2.45, 2.75) is 116 Å². The van der Waals surface area contributed by atoms with Gasteiger partial charge in [-0.05, 0) is 38.1 Å². The third-order valence-electron chi connectivity index (χ3n) is 6.23. The zero-order valence-corrected chi connectivity index (χ0v) is 21.4. The minimum Gasteiger partial charge on any atom is -0.351 e. The van der Waals surface area contributed by atoms with Gasteiger partial charge in [0.2, 0.25) is 23.6 Å². The summed E-state index contributed by atoms with van der Waals surface area (Å²) in [6.07, 6.45) is 10.6. The second kappa shape index (κ2) is 17.3. The lowest BCUT2D eigenvalue weighted by molar-refractivity contribution is -0.133. The van der Waals surface area contributed by atoms with E-state index in [0.29, 0.717) is 25.8 Å². The summed E-state index contributed by atoms with van der Waals surface area (Å²) in [5.41, 5.74) is 5.55.